The number of hydrogen-bond acceptors (Lipinski definition) is 3. The molecule has 0 aliphatic carbocycles. The average molecular weight is 457 g/mol. The molecule has 1 N–H and O–H groups in total. The van der Waals surface area contributed by atoms with Crippen LogP contribution in [0.5, 0.6) is 0 Å². The summed E-state index contributed by atoms with van der Waals surface area (Å²) in [6, 6.07) is 9.59. The summed E-state index contributed by atoms with van der Waals surface area (Å²) in [6.07, 6.45) is 0. The van der Waals surface area contributed by atoms with Crippen molar-refractivity contribution in [3.05, 3.63) is 88.0 Å². The van der Waals surface area contributed by atoms with Crippen LogP contribution in [-0.2, 0) is 17.8 Å². The number of aromatic nitrogens is 1. The molecule has 8 heteroatoms. The summed E-state index contributed by atoms with van der Waals surface area (Å²) in [7, 11) is 0. The van der Waals surface area contributed by atoms with Gasteiger partial charge in [0.05, 0.1) is 25.4 Å². The topological polar surface area (TPSA) is 46.5 Å². The average Bonchev–Trinajstić information content (AvgIpc) is 3.05. The van der Waals surface area contributed by atoms with E-state index >= 15 is 0 Å². The Labute approximate surface area is 190 Å². The second kappa shape index (κ2) is 9.70. The summed E-state index contributed by atoms with van der Waals surface area (Å²) < 4.78 is 49.2. The predicted molar refractivity (Wildman–Crippen MR) is 120 cm³/mol. The molecule has 1 fully saturated rings. The van der Waals surface area contributed by atoms with Crippen LogP contribution < -0.4 is 10.2 Å². The lowest BCUT2D eigenvalue weighted by Gasteiger charge is -2.29. The summed E-state index contributed by atoms with van der Waals surface area (Å²) in [5.74, 6) is -2.04. The summed E-state index contributed by atoms with van der Waals surface area (Å²) >= 11 is 0. The van der Waals surface area contributed by atoms with Gasteiger partial charge in [0.2, 0.25) is 0 Å². The molecule has 33 heavy (non-hydrogen) atoms. The van der Waals surface area contributed by atoms with Crippen molar-refractivity contribution in [3.63, 3.8) is 0 Å². The Morgan fingerprint density at radius 3 is 2.27 bits per heavy atom. The van der Waals surface area contributed by atoms with Gasteiger partial charge in [-0.25, -0.2) is 13.2 Å². The van der Waals surface area contributed by atoms with Crippen molar-refractivity contribution in [1.82, 2.24) is 9.88 Å². The first-order chi connectivity index (χ1) is 15.9. The van der Waals surface area contributed by atoms with Gasteiger partial charge in [0.25, 0.3) is 5.91 Å². The first-order valence-corrected chi connectivity index (χ1v) is 10.8. The number of nitrogens with one attached hydrogen (secondary N) is 1. The Bertz CT molecular complexity index is 1130. The van der Waals surface area contributed by atoms with Gasteiger partial charge < -0.3 is 19.5 Å². The maximum Gasteiger partial charge on any atom is 0.268 e. The third kappa shape index (κ3) is 4.75. The molecule has 1 amide bonds. The lowest BCUT2D eigenvalue weighted by molar-refractivity contribution is 0.0941. The molecule has 1 aliphatic rings. The quantitative estimate of drug-likeness (QED) is 0.599. The number of rotatable bonds is 6. The van der Waals surface area contributed by atoms with Crippen LogP contribution in [0.15, 0.2) is 42.5 Å². The van der Waals surface area contributed by atoms with Gasteiger partial charge >= 0.3 is 0 Å². The standard InChI is InChI=1S/C25H26F3N3O2/c1-16-23(30-10-12-33-13-11-30)17(2)31(15-20-21(27)4-3-5-22(20)28)24(16)25(32)29-14-18-6-8-19(26)9-7-18/h3-9H,10-15H2,1-2H3,(H,29,32). The molecule has 0 saturated carbocycles. The Balaban J connectivity index is 1.71. The molecule has 0 radical (unpaired) electrons. The van der Waals surface area contributed by atoms with Gasteiger partial charge in [-0.3, -0.25) is 4.79 Å². The minimum atomic E-state index is -0.661. The number of anilines is 1. The minimum Gasteiger partial charge on any atom is -0.378 e. The van der Waals surface area contributed by atoms with Crippen LogP contribution in [0, 0.1) is 31.3 Å². The van der Waals surface area contributed by atoms with E-state index in [-0.39, 0.29) is 30.4 Å². The highest BCUT2D eigenvalue weighted by Gasteiger charge is 2.27. The molecule has 2 heterocycles. The smallest absolute Gasteiger partial charge is 0.268 e. The lowest BCUT2D eigenvalue weighted by Crippen LogP contribution is -2.36. The minimum absolute atomic E-state index is 0.100. The molecule has 1 aromatic heterocycles. The molecular weight excluding hydrogens is 431 g/mol. The third-order valence-corrected chi connectivity index (χ3v) is 6.01. The molecule has 3 aromatic rings. The molecule has 0 bridgehead atoms. The van der Waals surface area contributed by atoms with E-state index in [0.717, 1.165) is 22.5 Å². The highest BCUT2D eigenvalue weighted by Crippen LogP contribution is 2.33. The second-order valence-corrected chi connectivity index (χ2v) is 8.10. The number of carbonyl (C=O) groups is 1. The van der Waals surface area contributed by atoms with Crippen LogP contribution in [0.3, 0.4) is 0 Å². The molecule has 0 unspecified atom stereocenters. The van der Waals surface area contributed by atoms with Crippen molar-refractivity contribution < 1.29 is 22.7 Å². The predicted octanol–water partition coefficient (Wildman–Crippen LogP) is 4.34. The van der Waals surface area contributed by atoms with Crippen molar-refractivity contribution in [3.8, 4) is 0 Å². The van der Waals surface area contributed by atoms with Gasteiger partial charge in [-0.05, 0) is 43.7 Å². The number of halogens is 3. The Hall–Kier alpha value is -3.26. The van der Waals surface area contributed by atoms with E-state index in [9.17, 15) is 18.0 Å². The zero-order valence-electron chi connectivity index (χ0n) is 18.6. The van der Waals surface area contributed by atoms with Crippen LogP contribution in [0.2, 0.25) is 0 Å². The molecule has 1 aliphatic heterocycles. The van der Waals surface area contributed by atoms with Crippen molar-refractivity contribution in [2.75, 3.05) is 31.2 Å². The normalized spacial score (nSPS) is 13.9. The van der Waals surface area contributed by atoms with E-state index in [4.69, 9.17) is 4.74 Å². The number of benzene rings is 2. The molecule has 5 nitrogen and oxygen atoms in total. The van der Waals surface area contributed by atoms with Gasteiger partial charge in [0, 0.05) is 36.5 Å². The molecule has 0 spiro atoms. The number of amides is 1. The maximum absolute atomic E-state index is 14.5. The zero-order chi connectivity index (χ0) is 23.5. The highest BCUT2D eigenvalue weighted by atomic mass is 19.1. The largest absolute Gasteiger partial charge is 0.378 e. The van der Waals surface area contributed by atoms with Crippen molar-refractivity contribution in [2.45, 2.75) is 26.9 Å². The van der Waals surface area contributed by atoms with E-state index < -0.39 is 11.6 Å². The first-order valence-electron chi connectivity index (χ1n) is 10.8. The van der Waals surface area contributed by atoms with E-state index in [1.807, 2.05) is 13.8 Å². The van der Waals surface area contributed by atoms with Crippen LogP contribution in [-0.4, -0.2) is 36.8 Å². The molecule has 174 valence electrons. The summed E-state index contributed by atoms with van der Waals surface area (Å²) in [4.78, 5) is 15.4. The van der Waals surface area contributed by atoms with E-state index in [1.165, 1.54) is 30.3 Å². The van der Waals surface area contributed by atoms with E-state index in [0.29, 0.717) is 32.0 Å². The fourth-order valence-corrected chi connectivity index (χ4v) is 4.33. The monoisotopic (exact) mass is 457 g/mol. The second-order valence-electron chi connectivity index (χ2n) is 8.10. The van der Waals surface area contributed by atoms with Crippen LogP contribution in [0.25, 0.3) is 0 Å². The number of carbonyl (C=O) groups excluding carboxylic acids is 1. The van der Waals surface area contributed by atoms with Crippen LogP contribution >= 0.6 is 0 Å². The first kappa shape index (κ1) is 22.9. The third-order valence-electron chi connectivity index (χ3n) is 6.01. The summed E-state index contributed by atoms with van der Waals surface area (Å²) in [5.41, 5.74) is 3.36. The van der Waals surface area contributed by atoms with E-state index in [2.05, 4.69) is 10.2 Å². The van der Waals surface area contributed by atoms with E-state index in [1.54, 1.807) is 16.7 Å². The molecular formula is C25H26F3N3O2. The summed E-state index contributed by atoms with van der Waals surface area (Å²) in [5, 5.41) is 2.86. The van der Waals surface area contributed by atoms with Crippen molar-refractivity contribution in [2.24, 2.45) is 0 Å². The fraction of sp³-hybridized carbons (Fsp3) is 0.320. The fourth-order valence-electron chi connectivity index (χ4n) is 4.33. The molecule has 1 saturated heterocycles. The number of nitrogens with zero attached hydrogens (tertiary/aromatic N) is 2. The van der Waals surface area contributed by atoms with Crippen molar-refractivity contribution in [1.29, 1.82) is 0 Å². The van der Waals surface area contributed by atoms with Crippen LogP contribution in [0.4, 0.5) is 18.9 Å². The lowest BCUT2D eigenvalue weighted by atomic mass is 10.1. The Kier molecular flexibility index (Phi) is 6.74. The maximum atomic E-state index is 14.5. The van der Waals surface area contributed by atoms with Gasteiger partial charge in [-0.2, -0.15) is 0 Å². The summed E-state index contributed by atoms with van der Waals surface area (Å²) in [6.45, 7) is 6.24. The number of hydrogen-bond donors (Lipinski definition) is 1. The number of ether oxygens (including phenoxy) is 1. The van der Waals surface area contributed by atoms with Gasteiger partial charge in [0.15, 0.2) is 0 Å². The SMILES string of the molecule is Cc1c(N2CCOCC2)c(C)n(Cc2c(F)cccc2F)c1C(=O)NCc1ccc(F)cc1. The van der Waals surface area contributed by atoms with Gasteiger partial charge in [-0.1, -0.05) is 18.2 Å². The Morgan fingerprint density at radius 1 is 1.00 bits per heavy atom. The van der Waals surface area contributed by atoms with Crippen LogP contribution in [0.1, 0.15) is 32.9 Å². The Morgan fingerprint density at radius 2 is 1.64 bits per heavy atom. The molecule has 2 aromatic carbocycles. The van der Waals surface area contributed by atoms with Crippen molar-refractivity contribution >= 4 is 11.6 Å². The van der Waals surface area contributed by atoms with Gasteiger partial charge in [-0.15, -0.1) is 0 Å². The van der Waals surface area contributed by atoms with Gasteiger partial charge in [0.1, 0.15) is 23.1 Å². The molecule has 4 rings (SSSR count). The zero-order valence-corrected chi connectivity index (χ0v) is 18.6. The highest BCUT2D eigenvalue weighted by molar-refractivity contribution is 5.96. The number of morpholine rings is 1. The molecule has 0 atom stereocenters.